The summed E-state index contributed by atoms with van der Waals surface area (Å²) in [6, 6.07) is 9.43. The van der Waals surface area contributed by atoms with Crippen molar-refractivity contribution in [1.82, 2.24) is 14.1 Å². The molecule has 0 bridgehead atoms. The van der Waals surface area contributed by atoms with Gasteiger partial charge >= 0.3 is 5.69 Å². The number of piperidine rings is 1. The van der Waals surface area contributed by atoms with Gasteiger partial charge in [-0.1, -0.05) is 24.3 Å². The number of benzene rings is 1. The smallest absolute Gasteiger partial charge is 0.330 e. The Labute approximate surface area is 181 Å². The lowest BCUT2D eigenvalue weighted by Crippen LogP contribution is -2.36. The monoisotopic (exact) mass is 417 g/mol. The third-order valence-corrected chi connectivity index (χ3v) is 6.06. The summed E-state index contributed by atoms with van der Waals surface area (Å²) in [4.78, 5) is 35.5. The van der Waals surface area contributed by atoms with Crippen molar-refractivity contribution in [3.05, 3.63) is 63.5 Å². The lowest BCUT2D eigenvalue weighted by molar-refractivity contribution is -0.117. The van der Waals surface area contributed by atoms with Crippen LogP contribution in [0.2, 0.25) is 0 Å². The first-order valence-electron chi connectivity index (χ1n) is 10.7. The Morgan fingerprint density at radius 2 is 2.10 bits per heavy atom. The van der Waals surface area contributed by atoms with Crippen molar-refractivity contribution in [1.29, 1.82) is 0 Å². The number of hydrogen-bond acceptors (Lipinski definition) is 4. The number of ketones is 1. The van der Waals surface area contributed by atoms with Gasteiger partial charge in [0, 0.05) is 38.8 Å². The molecule has 0 aliphatic carbocycles. The summed E-state index contributed by atoms with van der Waals surface area (Å²) in [6.45, 7) is 13.0. The summed E-state index contributed by atoms with van der Waals surface area (Å²) in [5.74, 6) is 0.539. The molecule has 1 aromatic carbocycles. The second-order valence-corrected chi connectivity index (χ2v) is 8.48. The van der Waals surface area contributed by atoms with Crippen LogP contribution in [0, 0.1) is 19.4 Å². The molecule has 0 N–H and O–H groups in total. The highest BCUT2D eigenvalue weighted by atomic mass is 16.1. The largest absolute Gasteiger partial charge is 0.369 e. The van der Waals surface area contributed by atoms with E-state index in [1.807, 2.05) is 31.2 Å². The van der Waals surface area contributed by atoms with Gasteiger partial charge in [-0.05, 0) is 44.2 Å². The Bertz CT molecular complexity index is 1250. The number of Topliss-reactive ketones (excluding diaryl/α,β-unsaturated/α-hetero) is 1. The first kappa shape index (κ1) is 20.9. The Morgan fingerprint density at radius 1 is 1.32 bits per heavy atom. The summed E-state index contributed by atoms with van der Waals surface area (Å²) in [6.07, 6.45) is 2.64. The molecule has 0 spiro atoms. The van der Waals surface area contributed by atoms with E-state index in [-0.39, 0.29) is 11.5 Å². The summed E-state index contributed by atoms with van der Waals surface area (Å²) >= 11 is 0. The second kappa shape index (κ2) is 8.38. The van der Waals surface area contributed by atoms with Gasteiger partial charge in [-0.25, -0.2) is 14.6 Å². The number of imidazole rings is 1. The molecule has 3 aromatic rings. The summed E-state index contributed by atoms with van der Waals surface area (Å²) in [7, 11) is 1.74. The molecule has 1 fully saturated rings. The standard InChI is InChI=1S/C24H27N5O2/c1-16-12-21(28-11-7-8-18(14-28)13-17(2)30)22-23(26-16)27(4)24(31)29(22)15-19-9-5-6-10-20(19)25-3/h5-6,9-10,12,18H,7-8,11,13-15H2,1-2,4H3/t18-/m0/s1. The zero-order valence-electron chi connectivity index (χ0n) is 18.3. The van der Waals surface area contributed by atoms with E-state index >= 15 is 0 Å². The van der Waals surface area contributed by atoms with E-state index in [4.69, 9.17) is 6.57 Å². The molecule has 1 atom stereocenters. The van der Waals surface area contributed by atoms with Crippen molar-refractivity contribution in [2.75, 3.05) is 18.0 Å². The predicted octanol–water partition coefficient (Wildman–Crippen LogP) is 3.84. The van der Waals surface area contributed by atoms with Gasteiger partial charge in [-0.15, -0.1) is 0 Å². The van der Waals surface area contributed by atoms with E-state index in [0.717, 1.165) is 48.4 Å². The molecule has 1 aliphatic heterocycles. The van der Waals surface area contributed by atoms with Crippen LogP contribution in [0.1, 0.15) is 37.4 Å². The van der Waals surface area contributed by atoms with Crippen LogP contribution in [0.4, 0.5) is 11.4 Å². The maximum atomic E-state index is 13.2. The first-order chi connectivity index (χ1) is 14.9. The molecule has 7 heteroatoms. The maximum Gasteiger partial charge on any atom is 0.330 e. The number of fused-ring (bicyclic) bond motifs is 1. The minimum atomic E-state index is -0.147. The molecular formula is C24H27N5O2. The molecular weight excluding hydrogens is 390 g/mol. The Morgan fingerprint density at radius 3 is 2.84 bits per heavy atom. The van der Waals surface area contributed by atoms with Gasteiger partial charge in [0.1, 0.15) is 11.3 Å². The fraction of sp³-hybridized carbons (Fsp3) is 0.417. The molecule has 3 heterocycles. The van der Waals surface area contributed by atoms with Crippen molar-refractivity contribution < 1.29 is 4.79 Å². The maximum absolute atomic E-state index is 13.2. The van der Waals surface area contributed by atoms with Gasteiger partial charge in [0.25, 0.3) is 0 Å². The lowest BCUT2D eigenvalue weighted by Gasteiger charge is -2.34. The molecule has 2 aromatic heterocycles. The van der Waals surface area contributed by atoms with Crippen LogP contribution in [0.15, 0.2) is 35.1 Å². The third kappa shape index (κ3) is 3.98. The van der Waals surface area contributed by atoms with E-state index in [1.54, 1.807) is 29.2 Å². The zero-order chi connectivity index (χ0) is 22.1. The minimum Gasteiger partial charge on any atom is -0.369 e. The summed E-state index contributed by atoms with van der Waals surface area (Å²) < 4.78 is 3.32. The molecule has 0 saturated carbocycles. The highest BCUT2D eigenvalue weighted by Crippen LogP contribution is 2.32. The Kier molecular flexibility index (Phi) is 5.64. The van der Waals surface area contributed by atoms with Crippen LogP contribution in [-0.2, 0) is 18.4 Å². The van der Waals surface area contributed by atoms with Gasteiger partial charge in [0.15, 0.2) is 11.3 Å². The number of rotatable bonds is 5. The number of aromatic nitrogens is 3. The van der Waals surface area contributed by atoms with Crippen LogP contribution in [-0.4, -0.2) is 33.0 Å². The van der Waals surface area contributed by atoms with Crippen LogP contribution >= 0.6 is 0 Å². The normalized spacial score (nSPS) is 16.5. The average Bonchev–Trinajstić information content (AvgIpc) is 2.98. The van der Waals surface area contributed by atoms with E-state index in [1.165, 1.54) is 0 Å². The average molecular weight is 418 g/mol. The van der Waals surface area contributed by atoms with Crippen molar-refractivity contribution in [2.24, 2.45) is 13.0 Å². The van der Waals surface area contributed by atoms with Crippen molar-refractivity contribution in [2.45, 2.75) is 39.7 Å². The number of nitrogens with zero attached hydrogens (tertiary/aromatic N) is 5. The fourth-order valence-electron chi connectivity index (χ4n) is 4.66. The van der Waals surface area contributed by atoms with Crippen LogP contribution < -0.4 is 10.6 Å². The van der Waals surface area contributed by atoms with Crippen LogP contribution in [0.5, 0.6) is 0 Å². The first-order valence-corrected chi connectivity index (χ1v) is 10.7. The fourth-order valence-corrected chi connectivity index (χ4v) is 4.66. The molecule has 0 amide bonds. The molecule has 1 saturated heterocycles. The molecule has 7 nitrogen and oxygen atoms in total. The Balaban J connectivity index is 1.85. The summed E-state index contributed by atoms with van der Waals surface area (Å²) in [5.41, 5.74) is 4.49. The zero-order valence-corrected chi connectivity index (χ0v) is 18.3. The van der Waals surface area contributed by atoms with Gasteiger partial charge in [-0.2, -0.15) is 0 Å². The number of anilines is 1. The molecule has 1 aliphatic rings. The topological polar surface area (TPSA) is 64.5 Å². The van der Waals surface area contributed by atoms with Crippen molar-refractivity contribution in [3.63, 3.8) is 0 Å². The van der Waals surface area contributed by atoms with Crippen LogP contribution in [0.3, 0.4) is 0 Å². The molecule has 0 unspecified atom stereocenters. The van der Waals surface area contributed by atoms with Gasteiger partial charge in [-0.3, -0.25) is 9.13 Å². The van der Waals surface area contributed by atoms with Crippen LogP contribution in [0.25, 0.3) is 16.0 Å². The predicted molar refractivity (Wildman–Crippen MR) is 122 cm³/mol. The van der Waals surface area contributed by atoms with E-state index in [9.17, 15) is 9.59 Å². The summed E-state index contributed by atoms with van der Waals surface area (Å²) in [5, 5.41) is 0. The lowest BCUT2D eigenvalue weighted by atomic mass is 9.93. The molecule has 0 radical (unpaired) electrons. The molecule has 160 valence electrons. The number of carbonyl (C=O) groups is 1. The van der Waals surface area contributed by atoms with Crippen molar-refractivity contribution in [3.8, 4) is 0 Å². The van der Waals surface area contributed by atoms with Crippen molar-refractivity contribution >= 4 is 28.3 Å². The third-order valence-electron chi connectivity index (χ3n) is 6.06. The Hall–Kier alpha value is -3.40. The molecule has 31 heavy (non-hydrogen) atoms. The van der Waals surface area contributed by atoms with Gasteiger partial charge < -0.3 is 9.69 Å². The SMILES string of the molecule is [C-]#[N+]c1ccccc1Cn1c(=O)n(C)c2nc(C)cc(N3CCC[C@@H](CC(C)=O)C3)c21. The number of pyridine rings is 1. The number of para-hydroxylation sites is 1. The van der Waals surface area contributed by atoms with E-state index < -0.39 is 0 Å². The number of carbonyl (C=O) groups excluding carboxylic acids is 1. The van der Waals surface area contributed by atoms with Gasteiger partial charge in [0.05, 0.1) is 12.3 Å². The highest BCUT2D eigenvalue weighted by molar-refractivity contribution is 5.87. The minimum absolute atomic E-state index is 0.147. The quantitative estimate of drug-likeness (QED) is 0.592. The molecule has 4 rings (SSSR count). The number of aryl methyl sites for hydroxylation is 2. The second-order valence-electron chi connectivity index (χ2n) is 8.48. The van der Waals surface area contributed by atoms with Gasteiger partial charge in [0.2, 0.25) is 0 Å². The highest BCUT2D eigenvalue weighted by Gasteiger charge is 2.26. The number of hydrogen-bond donors (Lipinski definition) is 0. The van der Waals surface area contributed by atoms with E-state index in [0.29, 0.717) is 30.2 Å². The van der Waals surface area contributed by atoms with E-state index in [2.05, 4.69) is 14.7 Å².